The van der Waals surface area contributed by atoms with Crippen molar-refractivity contribution in [1.82, 2.24) is 0 Å². The van der Waals surface area contributed by atoms with Gasteiger partial charge in [0, 0.05) is 12.0 Å². The second-order valence-electron chi connectivity index (χ2n) is 9.24. The fourth-order valence-corrected chi connectivity index (χ4v) is 6.37. The fourth-order valence-electron chi connectivity index (χ4n) is 6.37. The van der Waals surface area contributed by atoms with E-state index < -0.39 is 0 Å². The first-order chi connectivity index (χ1) is 15.8. The van der Waals surface area contributed by atoms with Gasteiger partial charge >= 0.3 is 26.2 Å². The maximum atomic E-state index is 10.3. The first-order valence-corrected chi connectivity index (χ1v) is 11.8. The van der Waals surface area contributed by atoms with Crippen LogP contribution in [0.25, 0.3) is 22.3 Å². The summed E-state index contributed by atoms with van der Waals surface area (Å²) in [6.07, 6.45) is 3.66. The molecule has 4 heteroatoms. The number of benzene rings is 4. The van der Waals surface area contributed by atoms with E-state index in [9.17, 15) is 5.11 Å². The molecule has 0 spiro atoms. The molecule has 0 radical (unpaired) electrons. The first-order valence-electron chi connectivity index (χ1n) is 11.8. The largest absolute Gasteiger partial charge is 2.00 e. The van der Waals surface area contributed by atoms with E-state index in [0.717, 1.165) is 25.7 Å². The van der Waals surface area contributed by atoms with Crippen LogP contribution >= 0.6 is 0 Å². The summed E-state index contributed by atoms with van der Waals surface area (Å²) in [6, 6.07) is 31.2. The molecule has 0 heterocycles. The molecular weight excluding hydrogens is 550 g/mol. The Morgan fingerprint density at radius 3 is 1.49 bits per heavy atom. The van der Waals surface area contributed by atoms with E-state index in [1.165, 1.54) is 55.6 Å². The Kier molecular flexibility index (Phi) is 8.88. The SMILES string of the molecule is CCC(CCO)(c1cccc2c1Cc1ccccc1-2)c1cccc2c1Cc1ccccc1-2.[Cl-].[Cl-].[Zr+2]. The molecule has 0 saturated carbocycles. The summed E-state index contributed by atoms with van der Waals surface area (Å²) in [5, 5.41) is 10.3. The van der Waals surface area contributed by atoms with Crippen molar-refractivity contribution >= 4 is 0 Å². The number of fused-ring (bicyclic) bond motifs is 6. The van der Waals surface area contributed by atoms with Crippen LogP contribution in [-0.2, 0) is 44.5 Å². The smallest absolute Gasteiger partial charge is 1.00 e. The quantitative estimate of drug-likeness (QED) is 0.323. The van der Waals surface area contributed by atoms with Gasteiger partial charge in [0.1, 0.15) is 0 Å². The van der Waals surface area contributed by atoms with Crippen molar-refractivity contribution in [3.05, 3.63) is 118 Å². The molecule has 1 nitrogen and oxygen atoms in total. The van der Waals surface area contributed by atoms with Crippen molar-refractivity contribution in [1.29, 1.82) is 0 Å². The van der Waals surface area contributed by atoms with Crippen LogP contribution in [-0.4, -0.2) is 11.7 Å². The van der Waals surface area contributed by atoms with Crippen LogP contribution in [0.3, 0.4) is 0 Å². The van der Waals surface area contributed by atoms with E-state index in [1.54, 1.807) is 0 Å². The molecule has 4 aromatic carbocycles. The number of rotatable bonds is 5. The molecule has 0 atom stereocenters. The Bertz CT molecular complexity index is 1250. The maximum absolute atomic E-state index is 10.3. The first kappa shape index (κ1) is 27.9. The summed E-state index contributed by atoms with van der Waals surface area (Å²) in [5.74, 6) is 0. The van der Waals surface area contributed by atoms with Crippen molar-refractivity contribution in [3.63, 3.8) is 0 Å². The molecule has 0 unspecified atom stereocenters. The summed E-state index contributed by atoms with van der Waals surface area (Å²) in [6.45, 7) is 2.47. The molecule has 1 N–H and O–H groups in total. The minimum atomic E-state index is -0.199. The van der Waals surface area contributed by atoms with E-state index in [1.807, 2.05) is 0 Å². The van der Waals surface area contributed by atoms with Gasteiger partial charge in [0.05, 0.1) is 0 Å². The minimum absolute atomic E-state index is 0. The summed E-state index contributed by atoms with van der Waals surface area (Å²) in [4.78, 5) is 0. The molecular formula is C31H28Cl2OZr. The third-order valence-electron chi connectivity index (χ3n) is 7.87. The number of halogens is 2. The zero-order valence-electron chi connectivity index (χ0n) is 19.8. The zero-order valence-corrected chi connectivity index (χ0v) is 23.8. The second kappa shape index (κ2) is 11.1. The molecule has 35 heavy (non-hydrogen) atoms. The molecule has 0 bridgehead atoms. The van der Waals surface area contributed by atoms with E-state index >= 15 is 0 Å². The average molecular weight is 579 g/mol. The number of aliphatic hydroxyl groups is 1. The Hall–Kier alpha value is -1.70. The predicted octanol–water partition coefficient (Wildman–Crippen LogP) is 0.913. The van der Waals surface area contributed by atoms with Crippen molar-refractivity contribution in [2.75, 3.05) is 6.61 Å². The van der Waals surface area contributed by atoms with Crippen LogP contribution in [0.15, 0.2) is 84.9 Å². The van der Waals surface area contributed by atoms with Crippen molar-refractivity contribution < 1.29 is 56.1 Å². The molecule has 0 fully saturated rings. The summed E-state index contributed by atoms with van der Waals surface area (Å²) >= 11 is 0. The van der Waals surface area contributed by atoms with Gasteiger partial charge in [-0.1, -0.05) is 91.9 Å². The number of aliphatic hydroxyl groups excluding tert-OH is 1. The molecule has 0 saturated heterocycles. The van der Waals surface area contributed by atoms with E-state index in [4.69, 9.17) is 0 Å². The third kappa shape index (κ3) is 4.27. The van der Waals surface area contributed by atoms with Gasteiger partial charge in [-0.15, -0.1) is 0 Å². The summed E-state index contributed by atoms with van der Waals surface area (Å²) in [7, 11) is 0. The van der Waals surface area contributed by atoms with Gasteiger partial charge < -0.3 is 29.9 Å². The number of hydrogen-bond acceptors (Lipinski definition) is 1. The summed E-state index contributed by atoms with van der Waals surface area (Å²) < 4.78 is 0. The Morgan fingerprint density at radius 1 is 0.629 bits per heavy atom. The molecule has 0 aliphatic heterocycles. The Balaban J connectivity index is 0.00000114. The standard InChI is InChI=1S/C31H28O.2ClH.Zr/c1-2-31(17-18-32,29-15-7-13-25-23-11-5-3-9-21(23)19-27(25)29)30-16-8-14-26-24-12-6-4-10-22(24)20-28(26)30;;;/h3-16,32H,2,17-20H2,1H3;2*1H;/q;;;+2/p-2. The third-order valence-corrected chi connectivity index (χ3v) is 7.87. The van der Waals surface area contributed by atoms with E-state index in [2.05, 4.69) is 91.9 Å². The van der Waals surface area contributed by atoms with Gasteiger partial charge in [0.25, 0.3) is 0 Å². The van der Waals surface area contributed by atoms with Gasteiger partial charge in [-0.25, -0.2) is 0 Å². The van der Waals surface area contributed by atoms with Gasteiger partial charge in [0.2, 0.25) is 0 Å². The van der Waals surface area contributed by atoms with Crippen molar-refractivity contribution in [3.8, 4) is 22.3 Å². The topological polar surface area (TPSA) is 20.2 Å². The molecule has 0 amide bonds. The van der Waals surface area contributed by atoms with Crippen molar-refractivity contribution in [2.24, 2.45) is 0 Å². The molecule has 6 rings (SSSR count). The van der Waals surface area contributed by atoms with Crippen LogP contribution in [0.5, 0.6) is 0 Å². The Labute approximate surface area is 239 Å². The van der Waals surface area contributed by atoms with Crippen LogP contribution < -0.4 is 24.8 Å². The van der Waals surface area contributed by atoms with E-state index in [-0.39, 0.29) is 63.0 Å². The fraction of sp³-hybridized carbons (Fsp3) is 0.226. The summed E-state index contributed by atoms with van der Waals surface area (Å²) in [5.41, 5.74) is 13.8. The molecule has 176 valence electrons. The van der Waals surface area contributed by atoms with Crippen LogP contribution in [0, 0.1) is 0 Å². The molecule has 0 aromatic heterocycles. The van der Waals surface area contributed by atoms with Gasteiger partial charge in [0.15, 0.2) is 0 Å². The normalized spacial score (nSPS) is 12.3. The number of hydrogen-bond donors (Lipinski definition) is 1. The predicted molar refractivity (Wildman–Crippen MR) is 132 cm³/mol. The molecule has 4 aromatic rings. The molecule has 2 aliphatic carbocycles. The zero-order chi connectivity index (χ0) is 21.7. The van der Waals surface area contributed by atoms with Gasteiger partial charge in [-0.05, 0) is 81.3 Å². The monoisotopic (exact) mass is 576 g/mol. The Morgan fingerprint density at radius 2 is 1.06 bits per heavy atom. The van der Waals surface area contributed by atoms with E-state index in [0.29, 0.717) is 0 Å². The second-order valence-corrected chi connectivity index (χ2v) is 9.24. The van der Waals surface area contributed by atoms with Crippen LogP contribution in [0.4, 0.5) is 0 Å². The molecule has 2 aliphatic rings. The minimum Gasteiger partial charge on any atom is -1.00 e. The van der Waals surface area contributed by atoms with Crippen LogP contribution in [0.1, 0.15) is 53.1 Å². The maximum Gasteiger partial charge on any atom is 2.00 e. The van der Waals surface area contributed by atoms with Gasteiger partial charge in [-0.2, -0.15) is 0 Å². The van der Waals surface area contributed by atoms with Crippen molar-refractivity contribution in [2.45, 2.75) is 38.0 Å². The van der Waals surface area contributed by atoms with Gasteiger partial charge in [-0.3, -0.25) is 0 Å². The average Bonchev–Trinajstić information content (AvgIpc) is 3.41. The van der Waals surface area contributed by atoms with Crippen LogP contribution in [0.2, 0.25) is 0 Å².